The van der Waals surface area contributed by atoms with Crippen molar-refractivity contribution in [1.82, 2.24) is 0 Å². The molecule has 0 rings (SSSR count). The molecule has 0 saturated carbocycles. The van der Waals surface area contributed by atoms with Gasteiger partial charge in [-0.1, -0.05) is 0 Å². The van der Waals surface area contributed by atoms with Gasteiger partial charge < -0.3 is 19.9 Å². The molecule has 0 spiro atoms. The molecule has 0 aromatic heterocycles. The van der Waals surface area contributed by atoms with Gasteiger partial charge in [0.25, 0.3) is 0 Å². The van der Waals surface area contributed by atoms with Crippen LogP contribution in [0.25, 0.3) is 0 Å². The number of nitrogens with two attached hydrogens (primary N) is 1. The van der Waals surface area contributed by atoms with E-state index in [0.717, 1.165) is 0 Å². The third-order valence-electron chi connectivity index (χ3n) is 1.17. The predicted molar refractivity (Wildman–Crippen MR) is 47.3 cm³/mol. The minimum Gasteiger partial charge on any atom is -0.463 e. The number of carbonyl (C=O) groups is 1. The van der Waals surface area contributed by atoms with Crippen LogP contribution in [0, 0.1) is 0 Å². The fourth-order valence-electron chi connectivity index (χ4n) is 0.650. The van der Waals surface area contributed by atoms with Gasteiger partial charge in [-0.05, 0) is 0 Å². The molecule has 0 aliphatic carbocycles. The molecular formula is C8H17NO4. The van der Waals surface area contributed by atoms with Gasteiger partial charge in [-0.3, -0.25) is 4.79 Å². The van der Waals surface area contributed by atoms with Crippen LogP contribution in [-0.4, -0.2) is 45.5 Å². The third-order valence-corrected chi connectivity index (χ3v) is 1.17. The number of esters is 1. The fourth-order valence-corrected chi connectivity index (χ4v) is 0.650. The number of hydrogen-bond acceptors (Lipinski definition) is 5. The molecule has 0 amide bonds. The molecule has 0 heterocycles. The molecule has 0 aromatic carbocycles. The van der Waals surface area contributed by atoms with Gasteiger partial charge in [0.15, 0.2) is 0 Å². The Morgan fingerprint density at radius 1 is 1.08 bits per heavy atom. The van der Waals surface area contributed by atoms with E-state index in [1.807, 2.05) is 0 Å². The van der Waals surface area contributed by atoms with Crippen LogP contribution in [0.2, 0.25) is 0 Å². The van der Waals surface area contributed by atoms with Crippen molar-refractivity contribution in [2.24, 2.45) is 5.73 Å². The van der Waals surface area contributed by atoms with Gasteiger partial charge in [0.2, 0.25) is 0 Å². The van der Waals surface area contributed by atoms with Crippen molar-refractivity contribution in [2.75, 3.05) is 39.6 Å². The van der Waals surface area contributed by atoms with E-state index >= 15 is 0 Å². The van der Waals surface area contributed by atoms with Gasteiger partial charge in [0.05, 0.1) is 26.4 Å². The summed E-state index contributed by atoms with van der Waals surface area (Å²) in [5.74, 6) is -0.289. The van der Waals surface area contributed by atoms with Crippen LogP contribution in [0.1, 0.15) is 6.92 Å². The second kappa shape index (κ2) is 9.44. The molecule has 0 aliphatic heterocycles. The summed E-state index contributed by atoms with van der Waals surface area (Å²) in [6.07, 6.45) is 0. The predicted octanol–water partition coefficient (Wildman–Crippen LogP) is -0.459. The number of rotatable bonds is 8. The Hall–Kier alpha value is -0.650. The van der Waals surface area contributed by atoms with Crippen LogP contribution in [0.4, 0.5) is 0 Å². The molecule has 0 atom stereocenters. The summed E-state index contributed by atoms with van der Waals surface area (Å²) in [5, 5.41) is 0. The van der Waals surface area contributed by atoms with Gasteiger partial charge in [0, 0.05) is 13.5 Å². The Balaban J connectivity index is 2.87. The van der Waals surface area contributed by atoms with Crippen LogP contribution < -0.4 is 5.73 Å². The SMILES string of the molecule is CC(=O)OCCOCCOCCN. The standard InChI is InChI=1S/C8H17NO4/c1-8(10)13-7-6-12-5-4-11-3-2-9/h2-7,9H2,1H3. The molecule has 0 aliphatic rings. The summed E-state index contributed by atoms with van der Waals surface area (Å²) in [6.45, 7) is 4.17. The van der Waals surface area contributed by atoms with Crippen molar-refractivity contribution < 1.29 is 19.0 Å². The lowest BCUT2D eigenvalue weighted by Crippen LogP contribution is -2.14. The van der Waals surface area contributed by atoms with Crippen LogP contribution in [0.15, 0.2) is 0 Å². The lowest BCUT2D eigenvalue weighted by molar-refractivity contribution is -0.142. The molecule has 0 bridgehead atoms. The van der Waals surface area contributed by atoms with Crippen LogP contribution in [0.3, 0.4) is 0 Å². The molecule has 78 valence electrons. The second-order valence-electron chi connectivity index (χ2n) is 2.35. The zero-order chi connectivity index (χ0) is 9.94. The van der Waals surface area contributed by atoms with Crippen molar-refractivity contribution in [3.05, 3.63) is 0 Å². The number of hydrogen-bond donors (Lipinski definition) is 1. The molecule has 13 heavy (non-hydrogen) atoms. The molecule has 5 heteroatoms. The zero-order valence-electron chi connectivity index (χ0n) is 7.95. The van der Waals surface area contributed by atoms with E-state index in [0.29, 0.717) is 39.6 Å². The fraction of sp³-hybridized carbons (Fsp3) is 0.875. The highest BCUT2D eigenvalue weighted by Gasteiger charge is 1.92. The molecule has 0 aromatic rings. The summed E-state index contributed by atoms with van der Waals surface area (Å²) in [7, 11) is 0. The van der Waals surface area contributed by atoms with Crippen molar-refractivity contribution in [3.8, 4) is 0 Å². The van der Waals surface area contributed by atoms with Crippen molar-refractivity contribution in [3.63, 3.8) is 0 Å². The minimum absolute atomic E-state index is 0.289. The van der Waals surface area contributed by atoms with E-state index < -0.39 is 0 Å². The Kier molecular flexibility index (Phi) is 8.97. The van der Waals surface area contributed by atoms with E-state index in [4.69, 9.17) is 15.2 Å². The average molecular weight is 191 g/mol. The van der Waals surface area contributed by atoms with Gasteiger partial charge in [-0.15, -0.1) is 0 Å². The summed E-state index contributed by atoms with van der Waals surface area (Å²) in [6, 6.07) is 0. The van der Waals surface area contributed by atoms with Gasteiger partial charge in [0.1, 0.15) is 6.61 Å². The van der Waals surface area contributed by atoms with Crippen molar-refractivity contribution in [2.45, 2.75) is 6.92 Å². The maximum absolute atomic E-state index is 10.3. The largest absolute Gasteiger partial charge is 0.463 e. The van der Waals surface area contributed by atoms with E-state index in [2.05, 4.69) is 4.74 Å². The van der Waals surface area contributed by atoms with Crippen LogP contribution in [-0.2, 0) is 19.0 Å². The van der Waals surface area contributed by atoms with Crippen molar-refractivity contribution >= 4 is 5.97 Å². The van der Waals surface area contributed by atoms with Gasteiger partial charge >= 0.3 is 5.97 Å². The van der Waals surface area contributed by atoms with Gasteiger partial charge in [-0.2, -0.15) is 0 Å². The van der Waals surface area contributed by atoms with Crippen molar-refractivity contribution in [1.29, 1.82) is 0 Å². The smallest absolute Gasteiger partial charge is 0.302 e. The lowest BCUT2D eigenvalue weighted by atomic mass is 10.7. The minimum atomic E-state index is -0.289. The second-order valence-corrected chi connectivity index (χ2v) is 2.35. The maximum Gasteiger partial charge on any atom is 0.302 e. The summed E-state index contributed by atoms with van der Waals surface area (Å²) >= 11 is 0. The molecule has 2 N–H and O–H groups in total. The van der Waals surface area contributed by atoms with E-state index in [1.165, 1.54) is 6.92 Å². The van der Waals surface area contributed by atoms with E-state index in [1.54, 1.807) is 0 Å². The number of ether oxygens (including phenoxy) is 3. The van der Waals surface area contributed by atoms with Crippen LogP contribution in [0.5, 0.6) is 0 Å². The van der Waals surface area contributed by atoms with E-state index in [9.17, 15) is 4.79 Å². The quantitative estimate of drug-likeness (QED) is 0.415. The first-order valence-corrected chi connectivity index (χ1v) is 4.26. The first-order chi connectivity index (χ1) is 6.27. The Labute approximate surface area is 78.1 Å². The lowest BCUT2D eigenvalue weighted by Gasteiger charge is -2.04. The molecule has 5 nitrogen and oxygen atoms in total. The Morgan fingerprint density at radius 2 is 1.62 bits per heavy atom. The highest BCUT2D eigenvalue weighted by molar-refractivity contribution is 5.65. The maximum atomic E-state index is 10.3. The van der Waals surface area contributed by atoms with Gasteiger partial charge in [-0.25, -0.2) is 0 Å². The molecule has 0 saturated heterocycles. The van der Waals surface area contributed by atoms with Crippen LogP contribution >= 0.6 is 0 Å². The Bertz CT molecular complexity index is 129. The normalized spacial score (nSPS) is 10.0. The monoisotopic (exact) mass is 191 g/mol. The summed E-state index contributed by atoms with van der Waals surface area (Å²) in [4.78, 5) is 10.3. The summed E-state index contributed by atoms with van der Waals surface area (Å²) in [5.41, 5.74) is 5.20. The molecule has 0 fully saturated rings. The Morgan fingerprint density at radius 3 is 2.15 bits per heavy atom. The third kappa shape index (κ3) is 11.3. The first-order valence-electron chi connectivity index (χ1n) is 4.26. The summed E-state index contributed by atoms with van der Waals surface area (Å²) < 4.78 is 14.8. The topological polar surface area (TPSA) is 70.8 Å². The van der Waals surface area contributed by atoms with E-state index in [-0.39, 0.29) is 5.97 Å². The molecular weight excluding hydrogens is 174 g/mol. The molecule has 0 unspecified atom stereocenters. The first kappa shape index (κ1) is 12.3. The average Bonchev–Trinajstić information content (AvgIpc) is 2.09. The number of carbonyl (C=O) groups excluding carboxylic acids is 1. The zero-order valence-corrected chi connectivity index (χ0v) is 7.95. The highest BCUT2D eigenvalue weighted by Crippen LogP contribution is 1.80. The highest BCUT2D eigenvalue weighted by atomic mass is 16.6. The molecule has 0 radical (unpaired) electrons.